The number of benzene rings is 2. The van der Waals surface area contributed by atoms with Crippen LogP contribution in [0.2, 0.25) is 0 Å². The van der Waals surface area contributed by atoms with Crippen LogP contribution in [-0.2, 0) is 9.53 Å². The predicted octanol–water partition coefficient (Wildman–Crippen LogP) is 7.18. The van der Waals surface area contributed by atoms with Crippen LogP contribution in [0.3, 0.4) is 0 Å². The monoisotopic (exact) mass is 540 g/mol. The van der Waals surface area contributed by atoms with Gasteiger partial charge in [-0.15, -0.1) is 0 Å². The Kier molecular flexibility index (Phi) is 12.4. The van der Waals surface area contributed by atoms with Crippen molar-refractivity contribution in [3.63, 3.8) is 0 Å². The molecule has 8 nitrogen and oxygen atoms in total. The van der Waals surface area contributed by atoms with Gasteiger partial charge in [-0.05, 0) is 43.5 Å². The summed E-state index contributed by atoms with van der Waals surface area (Å²) in [4.78, 5) is 24.0. The first-order chi connectivity index (χ1) is 18.9. The molecule has 5 N–H and O–H groups in total. The van der Waals surface area contributed by atoms with Gasteiger partial charge >= 0.3 is 0 Å². The van der Waals surface area contributed by atoms with Crippen LogP contribution < -0.4 is 15.8 Å². The molecule has 214 valence electrons. The maximum atomic E-state index is 12.6. The summed E-state index contributed by atoms with van der Waals surface area (Å²) in [5.74, 6) is -0.682. The van der Waals surface area contributed by atoms with E-state index in [9.17, 15) is 19.8 Å². The minimum absolute atomic E-state index is 0.0321. The molecule has 1 fully saturated rings. The Morgan fingerprint density at radius 3 is 2.15 bits per heavy atom. The molecule has 0 saturated carbocycles. The first-order valence-corrected chi connectivity index (χ1v) is 14.5. The van der Waals surface area contributed by atoms with Crippen molar-refractivity contribution in [2.75, 3.05) is 5.32 Å². The number of primary amides is 1. The maximum Gasteiger partial charge on any atom is 0.248 e. The molecule has 0 spiro atoms. The second-order valence-corrected chi connectivity index (χ2v) is 10.5. The number of amides is 2. The molecule has 2 amide bonds. The molecule has 39 heavy (non-hydrogen) atoms. The fourth-order valence-corrected chi connectivity index (χ4v) is 4.80. The molecule has 0 aromatic heterocycles. The van der Waals surface area contributed by atoms with Crippen LogP contribution in [-0.4, -0.2) is 34.2 Å². The van der Waals surface area contributed by atoms with E-state index in [0.29, 0.717) is 18.6 Å². The Labute approximate surface area is 231 Å². The van der Waals surface area contributed by atoms with Crippen molar-refractivity contribution < 1.29 is 29.3 Å². The van der Waals surface area contributed by atoms with Gasteiger partial charge in [-0.3, -0.25) is 9.59 Å². The number of ether oxygens (including phenoxy) is 2. The van der Waals surface area contributed by atoms with Crippen molar-refractivity contribution in [3.05, 3.63) is 42.0 Å². The number of carbonyl (C=O) groups excluding carboxylic acids is 2. The van der Waals surface area contributed by atoms with Crippen molar-refractivity contribution in [1.29, 1.82) is 0 Å². The van der Waals surface area contributed by atoms with E-state index in [4.69, 9.17) is 15.2 Å². The molecule has 1 heterocycles. The Hall–Kier alpha value is -3.26. The predicted molar refractivity (Wildman–Crippen MR) is 152 cm³/mol. The van der Waals surface area contributed by atoms with Gasteiger partial charge in [-0.2, -0.15) is 0 Å². The van der Waals surface area contributed by atoms with Gasteiger partial charge in [-0.1, -0.05) is 71.1 Å². The van der Waals surface area contributed by atoms with Crippen molar-refractivity contribution in [3.8, 4) is 23.0 Å². The first kappa shape index (κ1) is 30.3. The lowest BCUT2D eigenvalue weighted by Crippen LogP contribution is -2.12. The molecule has 2 aromatic carbocycles. The quantitative estimate of drug-likeness (QED) is 0.110. The number of unbranched alkanes of at least 4 members (excludes halogenated alkanes) is 9. The number of phenolic OH excluding ortho intramolecular Hbond substituents is 2. The van der Waals surface area contributed by atoms with E-state index >= 15 is 0 Å². The number of carbonyl (C=O) groups is 2. The summed E-state index contributed by atoms with van der Waals surface area (Å²) in [5.41, 5.74) is 5.67. The van der Waals surface area contributed by atoms with Gasteiger partial charge in [-0.25, -0.2) is 0 Å². The third kappa shape index (κ3) is 11.2. The summed E-state index contributed by atoms with van der Waals surface area (Å²) in [7, 11) is 0. The zero-order chi connectivity index (χ0) is 28.0. The molecule has 2 atom stereocenters. The van der Waals surface area contributed by atoms with Crippen LogP contribution in [0.15, 0.2) is 36.4 Å². The van der Waals surface area contributed by atoms with E-state index in [1.165, 1.54) is 94.2 Å². The number of hydrogen-bond acceptors (Lipinski definition) is 6. The number of phenols is 2. The lowest BCUT2D eigenvalue weighted by Gasteiger charge is -2.13. The van der Waals surface area contributed by atoms with Crippen LogP contribution in [0, 0.1) is 0 Å². The minimum atomic E-state index is -0.707. The highest BCUT2D eigenvalue weighted by Gasteiger charge is 2.36. The number of aromatic hydroxyl groups is 2. The molecule has 1 aliphatic rings. The maximum absolute atomic E-state index is 12.6. The van der Waals surface area contributed by atoms with Crippen LogP contribution in [0.25, 0.3) is 0 Å². The van der Waals surface area contributed by atoms with Gasteiger partial charge in [0.1, 0.15) is 17.2 Å². The summed E-state index contributed by atoms with van der Waals surface area (Å²) in [6.07, 6.45) is 16.8. The summed E-state index contributed by atoms with van der Waals surface area (Å²) >= 11 is 0. The summed E-state index contributed by atoms with van der Waals surface area (Å²) < 4.78 is 11.6. The highest BCUT2D eigenvalue weighted by atomic mass is 16.6. The van der Waals surface area contributed by atoms with Gasteiger partial charge in [0.15, 0.2) is 5.75 Å². The number of anilines is 1. The van der Waals surface area contributed by atoms with Crippen LogP contribution in [0.4, 0.5) is 5.69 Å². The van der Waals surface area contributed by atoms with E-state index in [1.54, 1.807) is 0 Å². The number of rotatable bonds is 19. The van der Waals surface area contributed by atoms with E-state index in [1.807, 2.05) is 0 Å². The van der Waals surface area contributed by atoms with Crippen molar-refractivity contribution in [2.24, 2.45) is 5.73 Å². The van der Waals surface area contributed by atoms with Crippen LogP contribution in [0.5, 0.6) is 23.0 Å². The Morgan fingerprint density at radius 1 is 0.846 bits per heavy atom. The summed E-state index contributed by atoms with van der Waals surface area (Å²) in [6, 6.07) is 8.26. The van der Waals surface area contributed by atoms with Gasteiger partial charge in [0.2, 0.25) is 11.8 Å². The smallest absolute Gasteiger partial charge is 0.248 e. The average Bonchev–Trinajstić information content (AvgIpc) is 3.65. The van der Waals surface area contributed by atoms with Gasteiger partial charge in [0, 0.05) is 24.1 Å². The van der Waals surface area contributed by atoms with Crippen LogP contribution >= 0.6 is 0 Å². The first-order valence-electron chi connectivity index (χ1n) is 14.5. The lowest BCUT2D eigenvalue weighted by atomic mass is 10.0. The third-order valence-electron chi connectivity index (χ3n) is 7.06. The molecular weight excluding hydrogens is 496 g/mol. The number of nitrogens with two attached hydrogens (primary N) is 1. The molecule has 0 bridgehead atoms. The largest absolute Gasteiger partial charge is 0.508 e. The van der Waals surface area contributed by atoms with E-state index in [0.717, 1.165) is 25.7 Å². The lowest BCUT2D eigenvalue weighted by molar-refractivity contribution is -0.116. The van der Waals surface area contributed by atoms with Gasteiger partial charge in [0.25, 0.3) is 0 Å². The van der Waals surface area contributed by atoms with Crippen molar-refractivity contribution in [2.45, 2.75) is 109 Å². The molecule has 0 radical (unpaired) electrons. The summed E-state index contributed by atoms with van der Waals surface area (Å²) in [6.45, 7) is 2.25. The van der Waals surface area contributed by atoms with E-state index in [-0.39, 0.29) is 40.2 Å². The number of nitrogens with one attached hydrogen (secondary N) is 1. The second kappa shape index (κ2) is 16.0. The standard InChI is InChI=1S/C31H44N2O6/c1-2-3-4-5-6-7-8-9-10-13-28-29(39-28)14-11-12-15-30(36)33-26-21-23(34)16-17-27(26)38-25-19-22(31(32)37)18-24(35)20-25/h16-21,28-29,34-35H,2-15H2,1H3,(H2,32,37)(H,33,36). The fraction of sp³-hybridized carbons (Fsp3) is 0.548. The molecule has 2 aromatic rings. The minimum Gasteiger partial charge on any atom is -0.508 e. The number of epoxide rings is 1. The molecular formula is C31H44N2O6. The van der Waals surface area contributed by atoms with Crippen molar-refractivity contribution >= 4 is 17.5 Å². The molecule has 0 aliphatic carbocycles. The third-order valence-corrected chi connectivity index (χ3v) is 7.06. The van der Waals surface area contributed by atoms with Crippen molar-refractivity contribution in [1.82, 2.24) is 0 Å². The average molecular weight is 541 g/mol. The number of hydrogen-bond donors (Lipinski definition) is 4. The molecule has 1 saturated heterocycles. The molecule has 8 heteroatoms. The van der Waals surface area contributed by atoms with E-state index < -0.39 is 5.91 Å². The summed E-state index contributed by atoms with van der Waals surface area (Å²) in [5, 5.41) is 22.5. The normalized spacial score (nSPS) is 16.1. The zero-order valence-corrected chi connectivity index (χ0v) is 23.1. The second-order valence-electron chi connectivity index (χ2n) is 10.5. The highest BCUT2D eigenvalue weighted by molar-refractivity contribution is 5.94. The SMILES string of the molecule is CCCCCCCCCCCC1OC1CCCCC(=O)Nc1cc(O)ccc1Oc1cc(O)cc(C(N)=O)c1. The topological polar surface area (TPSA) is 134 Å². The Morgan fingerprint density at radius 2 is 1.49 bits per heavy atom. The highest BCUT2D eigenvalue weighted by Crippen LogP contribution is 2.35. The molecule has 1 aliphatic heterocycles. The zero-order valence-electron chi connectivity index (χ0n) is 23.1. The molecule has 2 unspecified atom stereocenters. The van der Waals surface area contributed by atoms with Crippen LogP contribution in [0.1, 0.15) is 107 Å². The Bertz CT molecular complexity index is 1070. The molecule has 3 rings (SSSR count). The Balaban J connectivity index is 1.32. The van der Waals surface area contributed by atoms with Gasteiger partial charge in [0.05, 0.1) is 17.9 Å². The fourth-order valence-electron chi connectivity index (χ4n) is 4.80. The van der Waals surface area contributed by atoms with Gasteiger partial charge < -0.3 is 30.7 Å². The van der Waals surface area contributed by atoms with E-state index in [2.05, 4.69) is 12.2 Å².